The van der Waals surface area contributed by atoms with Crippen LogP contribution in [0.5, 0.6) is 11.5 Å². The van der Waals surface area contributed by atoms with Crippen LogP contribution in [0.25, 0.3) is 0 Å². The summed E-state index contributed by atoms with van der Waals surface area (Å²) in [4.78, 5) is 25.7. The predicted molar refractivity (Wildman–Crippen MR) is 82.4 cm³/mol. The van der Waals surface area contributed by atoms with Crippen molar-refractivity contribution in [3.05, 3.63) is 18.2 Å². The van der Waals surface area contributed by atoms with Crippen LogP contribution in [0.3, 0.4) is 0 Å². The summed E-state index contributed by atoms with van der Waals surface area (Å²) in [5.41, 5.74) is 0.684. The number of amides is 1. The number of likely N-dealkylation sites (tertiary alicyclic amines) is 1. The van der Waals surface area contributed by atoms with Gasteiger partial charge in [0.2, 0.25) is 12.7 Å². The molecule has 2 aliphatic rings. The Morgan fingerprint density at radius 1 is 1.26 bits per heavy atom. The quantitative estimate of drug-likeness (QED) is 0.841. The number of hydrogen-bond acceptors (Lipinski definition) is 6. The van der Waals surface area contributed by atoms with Crippen LogP contribution in [-0.4, -0.2) is 50.3 Å². The molecule has 3 rings (SSSR count). The molecule has 0 radical (unpaired) electrons. The minimum atomic E-state index is -0.158. The van der Waals surface area contributed by atoms with Crippen LogP contribution < -0.4 is 14.8 Å². The molecule has 2 heterocycles. The van der Waals surface area contributed by atoms with Crippen molar-refractivity contribution in [2.24, 2.45) is 5.92 Å². The largest absolute Gasteiger partial charge is 0.469 e. The number of fused-ring (bicyclic) bond motifs is 1. The lowest BCUT2D eigenvalue weighted by molar-refractivity contribution is -0.147. The van der Waals surface area contributed by atoms with E-state index in [2.05, 4.69) is 5.32 Å². The molecule has 1 fully saturated rings. The first-order valence-corrected chi connectivity index (χ1v) is 7.65. The normalized spacial score (nSPS) is 17.8. The lowest BCUT2D eigenvalue weighted by atomic mass is 9.97. The summed E-state index contributed by atoms with van der Waals surface area (Å²) in [5.74, 6) is 1.04. The van der Waals surface area contributed by atoms with Crippen LogP contribution in [0.1, 0.15) is 12.8 Å². The van der Waals surface area contributed by atoms with E-state index < -0.39 is 0 Å². The Bertz CT molecular complexity index is 596. The fraction of sp³-hybridized carbons (Fsp3) is 0.500. The number of benzene rings is 1. The number of carbonyl (C=O) groups is 2. The number of hydrogen-bond donors (Lipinski definition) is 1. The van der Waals surface area contributed by atoms with Gasteiger partial charge in [0, 0.05) is 11.8 Å². The summed E-state index contributed by atoms with van der Waals surface area (Å²) in [6.07, 6.45) is 1.45. The number of esters is 1. The van der Waals surface area contributed by atoms with Crippen molar-refractivity contribution < 1.29 is 23.8 Å². The average Bonchev–Trinajstić information content (AvgIpc) is 3.02. The van der Waals surface area contributed by atoms with Crippen LogP contribution >= 0.6 is 0 Å². The highest BCUT2D eigenvalue weighted by atomic mass is 16.7. The predicted octanol–water partition coefficient (Wildman–Crippen LogP) is 1.24. The van der Waals surface area contributed by atoms with Gasteiger partial charge in [-0.2, -0.15) is 0 Å². The van der Waals surface area contributed by atoms with Gasteiger partial charge in [-0.3, -0.25) is 14.5 Å². The monoisotopic (exact) mass is 320 g/mol. The van der Waals surface area contributed by atoms with Crippen molar-refractivity contribution in [3.63, 3.8) is 0 Å². The lowest BCUT2D eigenvalue weighted by Gasteiger charge is -2.29. The topological polar surface area (TPSA) is 77.1 Å². The second-order valence-corrected chi connectivity index (χ2v) is 5.69. The Balaban J connectivity index is 1.48. The smallest absolute Gasteiger partial charge is 0.308 e. The van der Waals surface area contributed by atoms with Gasteiger partial charge in [0.25, 0.3) is 0 Å². The van der Waals surface area contributed by atoms with Gasteiger partial charge in [-0.1, -0.05) is 0 Å². The number of carbonyl (C=O) groups excluding carboxylic acids is 2. The van der Waals surface area contributed by atoms with E-state index in [0.29, 0.717) is 36.8 Å². The van der Waals surface area contributed by atoms with Gasteiger partial charge in [0.15, 0.2) is 11.5 Å². The molecular weight excluding hydrogens is 300 g/mol. The Hall–Kier alpha value is -2.28. The molecule has 1 N–H and O–H groups in total. The number of ether oxygens (including phenoxy) is 3. The van der Waals surface area contributed by atoms with Gasteiger partial charge in [-0.25, -0.2) is 0 Å². The highest BCUT2D eigenvalue weighted by Gasteiger charge is 2.26. The molecule has 0 saturated carbocycles. The van der Waals surface area contributed by atoms with E-state index in [0.717, 1.165) is 12.8 Å². The second kappa shape index (κ2) is 6.87. The zero-order valence-electron chi connectivity index (χ0n) is 13.0. The maximum absolute atomic E-state index is 12.1. The van der Waals surface area contributed by atoms with E-state index in [1.54, 1.807) is 18.2 Å². The van der Waals surface area contributed by atoms with E-state index in [1.807, 2.05) is 4.90 Å². The molecule has 0 aliphatic carbocycles. The summed E-state index contributed by atoms with van der Waals surface area (Å²) >= 11 is 0. The molecule has 124 valence electrons. The third-order valence-electron chi connectivity index (χ3n) is 4.15. The molecular formula is C16H20N2O5. The molecule has 1 amide bonds. The maximum Gasteiger partial charge on any atom is 0.308 e. The average molecular weight is 320 g/mol. The minimum Gasteiger partial charge on any atom is -0.469 e. The van der Waals surface area contributed by atoms with E-state index in [1.165, 1.54) is 7.11 Å². The molecule has 0 bridgehead atoms. The van der Waals surface area contributed by atoms with Crippen LogP contribution in [0.2, 0.25) is 0 Å². The van der Waals surface area contributed by atoms with Crippen molar-refractivity contribution in [2.45, 2.75) is 12.8 Å². The second-order valence-electron chi connectivity index (χ2n) is 5.69. The summed E-state index contributed by atoms with van der Waals surface area (Å²) < 4.78 is 15.3. The standard InChI is InChI=1S/C16H20N2O5/c1-21-16(20)11-4-6-18(7-5-11)9-15(19)17-12-2-3-13-14(8-12)23-10-22-13/h2-3,8,11H,4-7,9-10H2,1H3,(H,17,19). The molecule has 1 aromatic rings. The number of methoxy groups -OCH3 is 1. The highest BCUT2D eigenvalue weighted by molar-refractivity contribution is 5.92. The number of nitrogens with zero attached hydrogens (tertiary/aromatic N) is 1. The fourth-order valence-corrected chi connectivity index (χ4v) is 2.87. The van der Waals surface area contributed by atoms with Gasteiger partial charge in [-0.05, 0) is 38.1 Å². The van der Waals surface area contributed by atoms with Crippen LogP contribution in [0.15, 0.2) is 18.2 Å². The SMILES string of the molecule is COC(=O)C1CCN(CC(=O)Nc2ccc3c(c2)OCO3)CC1. The third kappa shape index (κ3) is 3.73. The Morgan fingerprint density at radius 3 is 2.74 bits per heavy atom. The molecule has 0 atom stereocenters. The van der Waals surface area contributed by atoms with Crippen molar-refractivity contribution in [3.8, 4) is 11.5 Å². The summed E-state index contributed by atoms with van der Waals surface area (Å²) in [6, 6.07) is 5.32. The van der Waals surface area contributed by atoms with Crippen molar-refractivity contribution in [2.75, 3.05) is 38.9 Å². The van der Waals surface area contributed by atoms with E-state index in [-0.39, 0.29) is 24.6 Å². The van der Waals surface area contributed by atoms with Crippen molar-refractivity contribution in [1.82, 2.24) is 4.90 Å². The maximum atomic E-state index is 12.1. The van der Waals surface area contributed by atoms with E-state index >= 15 is 0 Å². The van der Waals surface area contributed by atoms with E-state index in [4.69, 9.17) is 14.2 Å². The van der Waals surface area contributed by atoms with Gasteiger partial charge in [-0.15, -0.1) is 0 Å². The van der Waals surface area contributed by atoms with Crippen molar-refractivity contribution >= 4 is 17.6 Å². The lowest BCUT2D eigenvalue weighted by Crippen LogP contribution is -2.41. The van der Waals surface area contributed by atoms with E-state index in [9.17, 15) is 9.59 Å². The molecule has 0 unspecified atom stereocenters. The number of piperidine rings is 1. The minimum absolute atomic E-state index is 0.0480. The molecule has 2 aliphatic heterocycles. The van der Waals surface area contributed by atoms with Gasteiger partial charge < -0.3 is 19.5 Å². The molecule has 7 heteroatoms. The number of rotatable bonds is 4. The van der Waals surface area contributed by atoms with Gasteiger partial charge >= 0.3 is 5.97 Å². The zero-order chi connectivity index (χ0) is 16.2. The van der Waals surface area contributed by atoms with Crippen LogP contribution in [-0.2, 0) is 14.3 Å². The highest BCUT2D eigenvalue weighted by Crippen LogP contribution is 2.34. The Morgan fingerprint density at radius 2 is 2.00 bits per heavy atom. The zero-order valence-corrected chi connectivity index (χ0v) is 13.0. The molecule has 7 nitrogen and oxygen atoms in total. The first-order valence-electron chi connectivity index (χ1n) is 7.65. The first-order chi connectivity index (χ1) is 11.2. The van der Waals surface area contributed by atoms with Crippen LogP contribution in [0.4, 0.5) is 5.69 Å². The van der Waals surface area contributed by atoms with Crippen LogP contribution in [0, 0.1) is 5.92 Å². The van der Waals surface area contributed by atoms with Crippen molar-refractivity contribution in [1.29, 1.82) is 0 Å². The number of nitrogens with one attached hydrogen (secondary N) is 1. The summed E-state index contributed by atoms with van der Waals surface area (Å²) in [5, 5.41) is 2.86. The third-order valence-corrected chi connectivity index (χ3v) is 4.15. The molecule has 0 spiro atoms. The Labute approximate surface area is 134 Å². The van der Waals surface area contributed by atoms with Gasteiger partial charge in [0.05, 0.1) is 19.6 Å². The molecule has 23 heavy (non-hydrogen) atoms. The first kappa shape index (κ1) is 15.6. The number of anilines is 1. The Kier molecular flexibility index (Phi) is 4.66. The summed E-state index contributed by atoms with van der Waals surface area (Å²) in [6.45, 7) is 1.95. The fourth-order valence-electron chi connectivity index (χ4n) is 2.87. The summed E-state index contributed by atoms with van der Waals surface area (Å²) in [7, 11) is 1.41. The molecule has 0 aromatic heterocycles. The van der Waals surface area contributed by atoms with Gasteiger partial charge in [0.1, 0.15) is 0 Å². The molecule has 1 aromatic carbocycles. The molecule has 1 saturated heterocycles.